The van der Waals surface area contributed by atoms with Crippen LogP contribution >= 0.6 is 11.6 Å². The third-order valence-corrected chi connectivity index (χ3v) is 2.06. The highest BCUT2D eigenvalue weighted by molar-refractivity contribution is 6.31. The molecule has 1 aromatic heterocycles. The number of aromatic nitrogens is 2. The average Bonchev–Trinajstić information content (AvgIpc) is 2.25. The van der Waals surface area contributed by atoms with Gasteiger partial charge in [0.25, 0.3) is 0 Å². The van der Waals surface area contributed by atoms with Crippen LogP contribution in [0.3, 0.4) is 0 Å². The molecule has 0 radical (unpaired) electrons. The summed E-state index contributed by atoms with van der Waals surface area (Å²) in [6, 6.07) is 4.08. The Morgan fingerprint density at radius 2 is 2.19 bits per heavy atom. The fraction of sp³-hybridized carbons (Fsp3) is 0. The van der Waals surface area contributed by atoms with E-state index < -0.39 is 5.82 Å². The van der Waals surface area contributed by atoms with Crippen molar-refractivity contribution in [1.29, 1.82) is 0 Å². The van der Waals surface area contributed by atoms with E-state index in [1.807, 2.05) is 0 Å². The molecular weight excluding hydrogens is 233 g/mol. The molecule has 2 rings (SSSR count). The molecule has 0 bridgehead atoms. The number of hydrogen-bond donors (Lipinski definition) is 1. The fourth-order valence-corrected chi connectivity index (χ4v) is 1.22. The van der Waals surface area contributed by atoms with Gasteiger partial charge in [0, 0.05) is 11.8 Å². The van der Waals surface area contributed by atoms with Gasteiger partial charge >= 0.3 is 0 Å². The van der Waals surface area contributed by atoms with Crippen molar-refractivity contribution in [3.63, 3.8) is 0 Å². The lowest BCUT2D eigenvalue weighted by molar-refractivity contribution is 0.427. The van der Waals surface area contributed by atoms with E-state index in [0.29, 0.717) is 5.69 Å². The number of halogens is 2. The Balaban J connectivity index is 2.31. The Morgan fingerprint density at radius 3 is 2.88 bits per heavy atom. The third-order valence-electron chi connectivity index (χ3n) is 1.80. The lowest BCUT2D eigenvalue weighted by atomic mass is 10.3. The van der Waals surface area contributed by atoms with Crippen molar-refractivity contribution < 1.29 is 9.13 Å². The summed E-state index contributed by atoms with van der Waals surface area (Å²) in [5, 5.41) is 0.207. The van der Waals surface area contributed by atoms with Gasteiger partial charge in [-0.2, -0.15) is 0 Å². The van der Waals surface area contributed by atoms with E-state index >= 15 is 0 Å². The van der Waals surface area contributed by atoms with Crippen LogP contribution in [0.25, 0.3) is 0 Å². The van der Waals surface area contributed by atoms with Crippen LogP contribution in [0.5, 0.6) is 11.6 Å². The zero-order chi connectivity index (χ0) is 11.5. The van der Waals surface area contributed by atoms with Gasteiger partial charge in [-0.05, 0) is 12.1 Å². The number of benzene rings is 1. The van der Waals surface area contributed by atoms with E-state index in [1.165, 1.54) is 24.7 Å². The molecule has 0 aliphatic heterocycles. The molecular formula is C10H7ClFN3O. The second-order valence-electron chi connectivity index (χ2n) is 2.97. The maximum absolute atomic E-state index is 13.4. The maximum atomic E-state index is 13.4. The van der Waals surface area contributed by atoms with Crippen LogP contribution in [-0.4, -0.2) is 9.97 Å². The second-order valence-corrected chi connectivity index (χ2v) is 3.37. The number of hydrogen-bond acceptors (Lipinski definition) is 4. The summed E-state index contributed by atoms with van der Waals surface area (Å²) < 4.78 is 18.6. The minimum absolute atomic E-state index is 0.00907. The first-order chi connectivity index (χ1) is 7.66. The Bertz CT molecular complexity index is 521. The molecule has 0 aliphatic carbocycles. The second kappa shape index (κ2) is 4.32. The van der Waals surface area contributed by atoms with Crippen LogP contribution in [0.4, 0.5) is 10.1 Å². The van der Waals surface area contributed by atoms with Gasteiger partial charge in [-0.1, -0.05) is 11.6 Å². The van der Waals surface area contributed by atoms with E-state index in [9.17, 15) is 4.39 Å². The summed E-state index contributed by atoms with van der Waals surface area (Å²) in [4.78, 5) is 7.46. The van der Waals surface area contributed by atoms with Gasteiger partial charge in [-0.3, -0.25) is 0 Å². The number of nitrogen functional groups attached to an aromatic ring is 1. The number of nitrogens with zero attached hydrogens (tertiary/aromatic N) is 2. The number of rotatable bonds is 2. The highest BCUT2D eigenvalue weighted by atomic mass is 35.5. The van der Waals surface area contributed by atoms with Crippen LogP contribution in [0.1, 0.15) is 0 Å². The van der Waals surface area contributed by atoms with E-state index in [4.69, 9.17) is 22.1 Å². The smallest absolute Gasteiger partial charge is 0.241 e. The number of nitrogens with two attached hydrogens (primary N) is 1. The van der Waals surface area contributed by atoms with E-state index in [0.717, 1.165) is 6.07 Å². The van der Waals surface area contributed by atoms with Crippen molar-refractivity contribution in [2.75, 3.05) is 5.73 Å². The summed E-state index contributed by atoms with van der Waals surface area (Å²) in [6.45, 7) is 0. The van der Waals surface area contributed by atoms with Crippen LogP contribution in [0.2, 0.25) is 5.02 Å². The molecule has 0 amide bonds. The molecule has 0 saturated carbocycles. The third kappa shape index (κ3) is 2.20. The summed E-state index contributed by atoms with van der Waals surface area (Å²) >= 11 is 5.76. The molecule has 0 atom stereocenters. The number of ether oxygens (including phenoxy) is 1. The minimum Gasteiger partial charge on any atom is -0.434 e. The molecule has 82 valence electrons. The minimum atomic E-state index is -0.574. The molecule has 0 saturated heterocycles. The van der Waals surface area contributed by atoms with Gasteiger partial charge in [0.2, 0.25) is 5.88 Å². The van der Waals surface area contributed by atoms with Gasteiger partial charge in [-0.15, -0.1) is 0 Å². The maximum Gasteiger partial charge on any atom is 0.241 e. The SMILES string of the molecule is Nc1ccc(Oc2ncncc2Cl)c(F)c1. The predicted molar refractivity (Wildman–Crippen MR) is 57.9 cm³/mol. The van der Waals surface area contributed by atoms with Crippen molar-refractivity contribution in [1.82, 2.24) is 9.97 Å². The van der Waals surface area contributed by atoms with Gasteiger partial charge in [0.15, 0.2) is 11.6 Å². The molecule has 16 heavy (non-hydrogen) atoms. The fourth-order valence-electron chi connectivity index (χ4n) is 1.08. The number of anilines is 1. The zero-order valence-electron chi connectivity index (χ0n) is 8.02. The van der Waals surface area contributed by atoms with Gasteiger partial charge in [0.05, 0.1) is 6.20 Å². The van der Waals surface area contributed by atoms with Gasteiger partial charge in [0.1, 0.15) is 11.3 Å². The molecule has 0 fully saturated rings. The molecule has 0 unspecified atom stereocenters. The summed E-state index contributed by atoms with van der Waals surface area (Å²) in [7, 11) is 0. The highest BCUT2D eigenvalue weighted by Gasteiger charge is 2.08. The van der Waals surface area contributed by atoms with Gasteiger partial charge < -0.3 is 10.5 Å². The van der Waals surface area contributed by atoms with Crippen molar-refractivity contribution in [3.05, 3.63) is 41.6 Å². The Labute approximate surface area is 95.9 Å². The Hall–Kier alpha value is -1.88. The summed E-state index contributed by atoms with van der Waals surface area (Å²) in [5.41, 5.74) is 5.72. The molecule has 6 heteroatoms. The van der Waals surface area contributed by atoms with Crippen LogP contribution in [-0.2, 0) is 0 Å². The molecule has 1 heterocycles. The lowest BCUT2D eigenvalue weighted by Crippen LogP contribution is -1.94. The Morgan fingerprint density at radius 1 is 1.38 bits per heavy atom. The highest BCUT2D eigenvalue weighted by Crippen LogP contribution is 2.28. The topological polar surface area (TPSA) is 61.0 Å². The molecule has 2 aromatic rings. The first kappa shape index (κ1) is 10.6. The Kier molecular flexibility index (Phi) is 2.87. The average molecular weight is 240 g/mol. The van der Waals surface area contributed by atoms with Crippen molar-refractivity contribution in [2.24, 2.45) is 0 Å². The zero-order valence-corrected chi connectivity index (χ0v) is 8.78. The monoisotopic (exact) mass is 239 g/mol. The molecule has 0 spiro atoms. The molecule has 2 N–H and O–H groups in total. The van der Waals surface area contributed by atoms with Crippen LogP contribution in [0.15, 0.2) is 30.7 Å². The largest absolute Gasteiger partial charge is 0.434 e. The first-order valence-corrected chi connectivity index (χ1v) is 4.73. The standard InChI is InChI=1S/C10H7ClFN3O/c11-7-4-14-5-15-10(7)16-9-2-1-6(13)3-8(9)12/h1-5H,13H2. The predicted octanol–water partition coefficient (Wildman–Crippen LogP) is 2.64. The summed E-state index contributed by atoms with van der Waals surface area (Å²) in [5.74, 6) is -0.468. The van der Waals surface area contributed by atoms with Crippen LogP contribution in [0, 0.1) is 5.82 Å². The lowest BCUT2D eigenvalue weighted by Gasteiger charge is -2.06. The quantitative estimate of drug-likeness (QED) is 0.819. The molecule has 4 nitrogen and oxygen atoms in total. The molecule has 1 aromatic carbocycles. The first-order valence-electron chi connectivity index (χ1n) is 4.35. The normalized spacial score (nSPS) is 10.1. The van der Waals surface area contributed by atoms with E-state index in [1.54, 1.807) is 0 Å². The van der Waals surface area contributed by atoms with Gasteiger partial charge in [-0.25, -0.2) is 14.4 Å². The van der Waals surface area contributed by atoms with Crippen LogP contribution < -0.4 is 10.5 Å². The van der Waals surface area contributed by atoms with Crippen molar-refractivity contribution in [3.8, 4) is 11.6 Å². The van der Waals surface area contributed by atoms with Crippen molar-refractivity contribution in [2.45, 2.75) is 0 Å². The van der Waals surface area contributed by atoms with E-state index in [-0.39, 0.29) is 16.7 Å². The van der Waals surface area contributed by atoms with Crippen molar-refractivity contribution >= 4 is 17.3 Å². The van der Waals surface area contributed by atoms with E-state index in [2.05, 4.69) is 9.97 Å². The molecule has 0 aliphatic rings. The summed E-state index contributed by atoms with van der Waals surface area (Å²) in [6.07, 6.45) is 2.62.